The lowest BCUT2D eigenvalue weighted by Crippen LogP contribution is -2.33. The number of carboxylic acid groups (broad SMARTS) is 1. The van der Waals surface area contributed by atoms with Gasteiger partial charge in [0.15, 0.2) is 6.10 Å². The molecule has 4 aromatic rings. The predicted octanol–water partition coefficient (Wildman–Crippen LogP) is 4.01. The minimum Gasteiger partial charge on any atom is -0.479 e. The fourth-order valence-corrected chi connectivity index (χ4v) is 4.60. The Labute approximate surface area is 214 Å². The van der Waals surface area contributed by atoms with Gasteiger partial charge in [-0.2, -0.15) is 0 Å². The van der Waals surface area contributed by atoms with Gasteiger partial charge in [-0.25, -0.2) is 9.48 Å². The number of aliphatic hydroxyl groups excluding tert-OH is 1. The molecule has 0 bridgehead atoms. The number of aliphatic carboxylic acids is 1. The first kappa shape index (κ1) is 26.2. The molecular weight excluding hydrogens is 472 g/mol. The van der Waals surface area contributed by atoms with Gasteiger partial charge < -0.3 is 19.5 Å². The molecule has 0 amide bonds. The molecule has 4 rings (SSSR count). The lowest BCUT2D eigenvalue weighted by Gasteiger charge is -2.29. The van der Waals surface area contributed by atoms with Crippen molar-refractivity contribution in [3.8, 4) is 22.4 Å². The highest BCUT2D eigenvalue weighted by molar-refractivity contribution is 6.01. The predicted molar refractivity (Wildman–Crippen MR) is 141 cm³/mol. The van der Waals surface area contributed by atoms with Crippen molar-refractivity contribution < 1.29 is 19.7 Å². The van der Waals surface area contributed by atoms with Gasteiger partial charge in [-0.15, -0.1) is 5.10 Å². The Balaban J connectivity index is 2.07. The standard InChI is InChI=1S/C28H32N4O5/c1-16-7-9-19(17(2)13-16)23-20-10-8-18(22-15-32(11-12-33)30-29-22)14-21(20)26(34)31(6)24(23)25(27(35)36)37-28(3,4)5/h7-10,13-15,25,33H,11-12H2,1-6H3,(H,35,36). The minimum absolute atomic E-state index is 0.0650. The number of carboxylic acids is 1. The van der Waals surface area contributed by atoms with Crippen LogP contribution in [0.2, 0.25) is 0 Å². The molecule has 0 radical (unpaired) electrons. The van der Waals surface area contributed by atoms with Gasteiger partial charge in [0.25, 0.3) is 5.56 Å². The molecule has 37 heavy (non-hydrogen) atoms. The van der Waals surface area contributed by atoms with E-state index in [9.17, 15) is 19.8 Å². The first-order valence-corrected chi connectivity index (χ1v) is 12.1. The molecule has 2 N–H and O–H groups in total. The molecule has 0 spiro atoms. The van der Waals surface area contributed by atoms with E-state index in [1.807, 2.05) is 44.2 Å². The van der Waals surface area contributed by atoms with E-state index in [2.05, 4.69) is 10.3 Å². The molecule has 0 saturated heterocycles. The van der Waals surface area contributed by atoms with E-state index in [1.165, 1.54) is 9.25 Å². The quantitative estimate of drug-likeness (QED) is 0.390. The van der Waals surface area contributed by atoms with E-state index in [1.54, 1.807) is 40.1 Å². The number of benzene rings is 2. The fraction of sp³-hybridized carbons (Fsp3) is 0.357. The molecule has 2 heterocycles. The van der Waals surface area contributed by atoms with Crippen LogP contribution in [-0.2, 0) is 23.1 Å². The Bertz CT molecular complexity index is 1540. The minimum atomic E-state index is -1.36. The Hall–Kier alpha value is -3.82. The molecule has 0 aliphatic carbocycles. The van der Waals surface area contributed by atoms with Crippen LogP contribution in [0.1, 0.15) is 43.7 Å². The van der Waals surface area contributed by atoms with Gasteiger partial charge in [-0.1, -0.05) is 41.1 Å². The molecule has 194 valence electrons. The van der Waals surface area contributed by atoms with Crippen molar-refractivity contribution in [1.29, 1.82) is 0 Å². The third-order valence-corrected chi connectivity index (χ3v) is 6.20. The zero-order valence-electron chi connectivity index (χ0n) is 21.9. The van der Waals surface area contributed by atoms with Crippen LogP contribution in [0.5, 0.6) is 0 Å². The zero-order chi connectivity index (χ0) is 27.1. The van der Waals surface area contributed by atoms with Crippen molar-refractivity contribution in [2.75, 3.05) is 6.61 Å². The maximum absolute atomic E-state index is 13.7. The summed E-state index contributed by atoms with van der Waals surface area (Å²) in [5.41, 5.74) is 3.93. The summed E-state index contributed by atoms with van der Waals surface area (Å²) in [7, 11) is 1.58. The van der Waals surface area contributed by atoms with Gasteiger partial charge in [-0.05, 0) is 57.2 Å². The molecule has 9 nitrogen and oxygen atoms in total. The van der Waals surface area contributed by atoms with Crippen molar-refractivity contribution >= 4 is 16.7 Å². The number of aliphatic hydroxyl groups is 1. The lowest BCUT2D eigenvalue weighted by atomic mass is 9.90. The highest BCUT2D eigenvalue weighted by Crippen LogP contribution is 2.39. The van der Waals surface area contributed by atoms with Crippen LogP contribution in [0, 0.1) is 13.8 Å². The molecular formula is C28H32N4O5. The summed E-state index contributed by atoms with van der Waals surface area (Å²) in [6, 6.07) is 11.4. The van der Waals surface area contributed by atoms with Crippen LogP contribution in [0.4, 0.5) is 0 Å². The van der Waals surface area contributed by atoms with Crippen LogP contribution >= 0.6 is 0 Å². The summed E-state index contributed by atoms with van der Waals surface area (Å²) in [5, 5.41) is 28.7. The number of aromatic nitrogens is 4. The smallest absolute Gasteiger partial charge is 0.339 e. The van der Waals surface area contributed by atoms with Gasteiger partial charge in [0.05, 0.1) is 30.6 Å². The Morgan fingerprint density at radius 1 is 1.11 bits per heavy atom. The first-order chi connectivity index (χ1) is 17.4. The molecule has 2 aromatic carbocycles. The summed E-state index contributed by atoms with van der Waals surface area (Å²) in [6.45, 7) is 9.57. The number of nitrogens with zero attached hydrogens (tertiary/aromatic N) is 4. The summed E-state index contributed by atoms with van der Waals surface area (Å²) in [6.07, 6.45) is 0.342. The van der Waals surface area contributed by atoms with Crippen LogP contribution in [0.15, 0.2) is 47.4 Å². The van der Waals surface area contributed by atoms with Crippen LogP contribution < -0.4 is 5.56 Å². The molecule has 2 aromatic heterocycles. The second-order valence-electron chi connectivity index (χ2n) is 10.2. The SMILES string of the molecule is Cc1ccc(-c2c(C(OC(C)(C)C)C(=O)O)n(C)c(=O)c3cc(-c4cn(CCO)nn4)ccc23)c(C)c1. The molecule has 1 atom stereocenters. The summed E-state index contributed by atoms with van der Waals surface area (Å²) in [5.74, 6) is -1.17. The topological polar surface area (TPSA) is 119 Å². The molecule has 0 saturated carbocycles. The van der Waals surface area contributed by atoms with E-state index in [-0.39, 0.29) is 17.9 Å². The van der Waals surface area contributed by atoms with Crippen molar-refractivity contribution in [2.45, 2.75) is 52.9 Å². The van der Waals surface area contributed by atoms with Crippen molar-refractivity contribution in [3.05, 3.63) is 69.8 Å². The van der Waals surface area contributed by atoms with E-state index >= 15 is 0 Å². The Morgan fingerprint density at radius 2 is 1.84 bits per heavy atom. The largest absolute Gasteiger partial charge is 0.479 e. The second kappa shape index (κ2) is 9.91. The van der Waals surface area contributed by atoms with E-state index < -0.39 is 17.7 Å². The average Bonchev–Trinajstić information content (AvgIpc) is 3.28. The number of fused-ring (bicyclic) bond motifs is 1. The molecule has 0 aliphatic rings. The summed E-state index contributed by atoms with van der Waals surface area (Å²) in [4.78, 5) is 26.2. The van der Waals surface area contributed by atoms with E-state index in [0.717, 1.165) is 16.7 Å². The molecule has 0 aliphatic heterocycles. The average molecular weight is 505 g/mol. The fourth-order valence-electron chi connectivity index (χ4n) is 4.60. The Morgan fingerprint density at radius 3 is 2.46 bits per heavy atom. The van der Waals surface area contributed by atoms with Crippen LogP contribution in [0.25, 0.3) is 33.2 Å². The van der Waals surface area contributed by atoms with Crippen molar-refractivity contribution in [2.24, 2.45) is 7.05 Å². The number of ether oxygens (including phenoxy) is 1. The summed E-state index contributed by atoms with van der Waals surface area (Å²) < 4.78 is 8.93. The number of hydrogen-bond acceptors (Lipinski definition) is 6. The number of hydrogen-bond donors (Lipinski definition) is 2. The number of aryl methyl sites for hydroxylation is 2. The van der Waals surface area contributed by atoms with Gasteiger partial charge in [-0.3, -0.25) is 4.79 Å². The third-order valence-electron chi connectivity index (χ3n) is 6.20. The Kier molecular flexibility index (Phi) is 7.03. The number of pyridine rings is 1. The van der Waals surface area contributed by atoms with Gasteiger partial charge in [0.2, 0.25) is 0 Å². The monoisotopic (exact) mass is 504 g/mol. The van der Waals surface area contributed by atoms with Crippen molar-refractivity contribution in [3.63, 3.8) is 0 Å². The maximum atomic E-state index is 13.7. The first-order valence-electron chi connectivity index (χ1n) is 12.1. The lowest BCUT2D eigenvalue weighted by molar-refractivity contribution is -0.161. The highest BCUT2D eigenvalue weighted by atomic mass is 16.5. The van der Waals surface area contributed by atoms with E-state index in [4.69, 9.17) is 4.74 Å². The second-order valence-corrected chi connectivity index (χ2v) is 10.2. The summed E-state index contributed by atoms with van der Waals surface area (Å²) >= 11 is 0. The van der Waals surface area contributed by atoms with E-state index in [0.29, 0.717) is 34.1 Å². The van der Waals surface area contributed by atoms with Gasteiger partial charge in [0.1, 0.15) is 5.69 Å². The van der Waals surface area contributed by atoms with Crippen LogP contribution in [-0.4, -0.2) is 48.0 Å². The number of carbonyl (C=O) groups is 1. The number of rotatable bonds is 7. The highest BCUT2D eigenvalue weighted by Gasteiger charge is 2.33. The molecule has 9 heteroatoms. The molecule has 1 unspecified atom stereocenters. The zero-order valence-corrected chi connectivity index (χ0v) is 21.9. The normalized spacial score (nSPS) is 12.7. The van der Waals surface area contributed by atoms with Crippen LogP contribution in [0.3, 0.4) is 0 Å². The molecule has 0 fully saturated rings. The maximum Gasteiger partial charge on any atom is 0.339 e. The van der Waals surface area contributed by atoms with Crippen molar-refractivity contribution in [1.82, 2.24) is 19.6 Å². The van der Waals surface area contributed by atoms with Gasteiger partial charge >= 0.3 is 5.97 Å². The third kappa shape index (κ3) is 5.19. The van der Waals surface area contributed by atoms with Gasteiger partial charge in [0, 0.05) is 23.6 Å².